The van der Waals surface area contributed by atoms with E-state index in [0.29, 0.717) is 18.0 Å². The molecule has 146 valence electrons. The topological polar surface area (TPSA) is 114 Å². The molecular formula is C19H21N5O4. The first-order valence-electron chi connectivity index (χ1n) is 9.24. The molecule has 1 fully saturated rings. The van der Waals surface area contributed by atoms with Gasteiger partial charge in [-0.3, -0.25) is 19.1 Å². The van der Waals surface area contributed by atoms with Gasteiger partial charge in [-0.15, -0.1) is 0 Å². The Morgan fingerprint density at radius 3 is 2.71 bits per heavy atom. The molecule has 1 aliphatic rings. The molecule has 3 aromatic rings. The molecule has 3 aromatic heterocycles. The summed E-state index contributed by atoms with van der Waals surface area (Å²) in [5.41, 5.74) is 0.744. The standard InChI is InChI=1S/C19H21N5O4/c1-4-24-16-15(17(25)21-19(24)27)13(8-14(20-16)11-5-6-11)18(26)23(3)9-12-7-10(2)28-22-12/h7-8,11H,4-6,9H2,1-3H3,(H,21,25,27). The van der Waals surface area contributed by atoms with Gasteiger partial charge in [0.2, 0.25) is 0 Å². The monoisotopic (exact) mass is 383 g/mol. The smallest absolute Gasteiger partial charge is 0.329 e. The number of hydrogen-bond donors (Lipinski definition) is 1. The molecule has 0 bridgehead atoms. The maximum Gasteiger partial charge on any atom is 0.329 e. The van der Waals surface area contributed by atoms with Gasteiger partial charge in [0.1, 0.15) is 11.5 Å². The van der Waals surface area contributed by atoms with Crippen LogP contribution in [0.2, 0.25) is 0 Å². The Balaban J connectivity index is 1.86. The van der Waals surface area contributed by atoms with Crippen molar-refractivity contribution in [3.05, 3.63) is 55.7 Å². The van der Waals surface area contributed by atoms with E-state index in [9.17, 15) is 14.4 Å². The normalized spacial score (nSPS) is 13.8. The molecule has 4 rings (SSSR count). The Kier molecular flexibility index (Phi) is 4.37. The van der Waals surface area contributed by atoms with Crippen LogP contribution < -0.4 is 11.2 Å². The maximum atomic E-state index is 13.2. The number of amides is 1. The van der Waals surface area contributed by atoms with Crippen LogP contribution in [0.4, 0.5) is 0 Å². The van der Waals surface area contributed by atoms with Gasteiger partial charge in [0.05, 0.1) is 17.5 Å². The minimum Gasteiger partial charge on any atom is -0.361 e. The molecule has 1 saturated carbocycles. The zero-order valence-corrected chi connectivity index (χ0v) is 16.0. The number of H-pyrrole nitrogens is 1. The van der Waals surface area contributed by atoms with Crippen LogP contribution >= 0.6 is 0 Å². The Morgan fingerprint density at radius 2 is 2.11 bits per heavy atom. The molecule has 1 aliphatic carbocycles. The van der Waals surface area contributed by atoms with E-state index in [4.69, 9.17) is 4.52 Å². The summed E-state index contributed by atoms with van der Waals surface area (Å²) >= 11 is 0. The van der Waals surface area contributed by atoms with Gasteiger partial charge in [-0.25, -0.2) is 9.78 Å². The van der Waals surface area contributed by atoms with Crippen molar-refractivity contribution in [3.8, 4) is 0 Å². The van der Waals surface area contributed by atoms with Crippen LogP contribution in [-0.2, 0) is 13.1 Å². The predicted octanol–water partition coefficient (Wildman–Crippen LogP) is 1.55. The highest BCUT2D eigenvalue weighted by Crippen LogP contribution is 2.40. The second-order valence-corrected chi connectivity index (χ2v) is 7.16. The van der Waals surface area contributed by atoms with Crippen LogP contribution in [-0.4, -0.2) is 37.5 Å². The summed E-state index contributed by atoms with van der Waals surface area (Å²) in [6.45, 7) is 4.16. The third-order valence-electron chi connectivity index (χ3n) is 4.93. The second-order valence-electron chi connectivity index (χ2n) is 7.16. The molecule has 0 atom stereocenters. The number of hydrogen-bond acceptors (Lipinski definition) is 6. The van der Waals surface area contributed by atoms with Gasteiger partial charge in [-0.2, -0.15) is 0 Å². The van der Waals surface area contributed by atoms with Gasteiger partial charge in [-0.05, 0) is 32.8 Å². The average Bonchev–Trinajstić information content (AvgIpc) is 3.43. The number of pyridine rings is 1. The van der Waals surface area contributed by atoms with Crippen LogP contribution in [0.5, 0.6) is 0 Å². The van der Waals surface area contributed by atoms with E-state index in [0.717, 1.165) is 18.5 Å². The third-order valence-corrected chi connectivity index (χ3v) is 4.93. The van der Waals surface area contributed by atoms with Gasteiger partial charge in [0.25, 0.3) is 11.5 Å². The lowest BCUT2D eigenvalue weighted by Gasteiger charge is -2.18. The lowest BCUT2D eigenvalue weighted by atomic mass is 10.1. The molecule has 28 heavy (non-hydrogen) atoms. The summed E-state index contributed by atoms with van der Waals surface area (Å²) in [4.78, 5) is 46.3. The zero-order valence-electron chi connectivity index (χ0n) is 16.0. The lowest BCUT2D eigenvalue weighted by molar-refractivity contribution is 0.0783. The number of aromatic amines is 1. The number of aryl methyl sites for hydroxylation is 2. The number of carbonyl (C=O) groups excluding carboxylic acids is 1. The fraction of sp³-hybridized carbons (Fsp3) is 0.421. The second kappa shape index (κ2) is 6.74. The number of aromatic nitrogens is 4. The summed E-state index contributed by atoms with van der Waals surface area (Å²) in [7, 11) is 1.64. The molecule has 0 unspecified atom stereocenters. The molecule has 9 nitrogen and oxygen atoms in total. The van der Waals surface area contributed by atoms with Gasteiger partial charge < -0.3 is 9.42 Å². The maximum absolute atomic E-state index is 13.2. The van der Waals surface area contributed by atoms with E-state index >= 15 is 0 Å². The lowest BCUT2D eigenvalue weighted by Crippen LogP contribution is -2.33. The minimum absolute atomic E-state index is 0.138. The third kappa shape index (κ3) is 3.12. The van der Waals surface area contributed by atoms with E-state index in [1.165, 1.54) is 9.47 Å². The predicted molar refractivity (Wildman–Crippen MR) is 101 cm³/mol. The van der Waals surface area contributed by atoms with Crippen molar-refractivity contribution in [1.82, 2.24) is 24.6 Å². The average molecular weight is 383 g/mol. The van der Waals surface area contributed by atoms with Crippen molar-refractivity contribution in [2.24, 2.45) is 0 Å². The largest absolute Gasteiger partial charge is 0.361 e. The van der Waals surface area contributed by atoms with E-state index in [1.54, 1.807) is 33.0 Å². The molecule has 1 N–H and O–H groups in total. The zero-order chi connectivity index (χ0) is 20.0. The molecule has 9 heteroatoms. The van der Waals surface area contributed by atoms with E-state index in [2.05, 4.69) is 15.1 Å². The number of nitrogens with one attached hydrogen (secondary N) is 1. The highest BCUT2D eigenvalue weighted by molar-refractivity contribution is 6.05. The van der Waals surface area contributed by atoms with Gasteiger partial charge in [-0.1, -0.05) is 5.16 Å². The van der Waals surface area contributed by atoms with Crippen LogP contribution in [0.25, 0.3) is 11.0 Å². The van der Waals surface area contributed by atoms with Gasteiger partial charge in [0, 0.05) is 31.3 Å². The first-order chi connectivity index (χ1) is 13.4. The molecule has 0 aliphatic heterocycles. The molecule has 3 heterocycles. The van der Waals surface area contributed by atoms with Crippen molar-refractivity contribution in [2.75, 3.05) is 7.05 Å². The van der Waals surface area contributed by atoms with E-state index in [1.807, 2.05) is 0 Å². The van der Waals surface area contributed by atoms with E-state index in [-0.39, 0.29) is 35.0 Å². The number of carbonyl (C=O) groups is 1. The molecular weight excluding hydrogens is 362 g/mol. The van der Waals surface area contributed by atoms with Gasteiger partial charge in [0.15, 0.2) is 5.65 Å². The first kappa shape index (κ1) is 18.1. The highest BCUT2D eigenvalue weighted by atomic mass is 16.5. The molecule has 0 saturated heterocycles. The fourth-order valence-electron chi connectivity index (χ4n) is 3.36. The summed E-state index contributed by atoms with van der Waals surface area (Å²) in [6, 6.07) is 3.44. The first-order valence-corrected chi connectivity index (χ1v) is 9.24. The minimum atomic E-state index is -0.603. The van der Waals surface area contributed by atoms with Crippen LogP contribution in [0.1, 0.15) is 53.2 Å². The summed E-state index contributed by atoms with van der Waals surface area (Å²) in [6.07, 6.45) is 1.97. The quantitative estimate of drug-likeness (QED) is 0.715. The Bertz CT molecular complexity index is 1190. The molecule has 0 radical (unpaired) electrons. The Hall–Kier alpha value is -3.23. The van der Waals surface area contributed by atoms with Crippen molar-refractivity contribution >= 4 is 16.9 Å². The Morgan fingerprint density at radius 1 is 1.36 bits per heavy atom. The van der Waals surface area contributed by atoms with E-state index < -0.39 is 11.2 Å². The fourth-order valence-corrected chi connectivity index (χ4v) is 3.36. The van der Waals surface area contributed by atoms with Crippen molar-refractivity contribution in [1.29, 1.82) is 0 Å². The highest BCUT2D eigenvalue weighted by Gasteiger charge is 2.29. The Labute approximate surface area is 160 Å². The molecule has 0 aromatic carbocycles. The van der Waals surface area contributed by atoms with Crippen molar-refractivity contribution < 1.29 is 9.32 Å². The molecule has 0 spiro atoms. The summed E-state index contributed by atoms with van der Waals surface area (Å²) in [5.74, 6) is 0.588. The summed E-state index contributed by atoms with van der Waals surface area (Å²) in [5, 5.41) is 4.05. The van der Waals surface area contributed by atoms with Crippen molar-refractivity contribution in [3.63, 3.8) is 0 Å². The van der Waals surface area contributed by atoms with Crippen LogP contribution in [0.15, 0.2) is 26.2 Å². The van der Waals surface area contributed by atoms with Crippen LogP contribution in [0.3, 0.4) is 0 Å². The van der Waals surface area contributed by atoms with Crippen LogP contribution in [0, 0.1) is 6.92 Å². The molecule has 1 amide bonds. The summed E-state index contributed by atoms with van der Waals surface area (Å²) < 4.78 is 6.44. The number of rotatable bonds is 5. The SMILES string of the molecule is CCn1c(=O)[nH]c(=O)c2c(C(=O)N(C)Cc3cc(C)on3)cc(C3CC3)nc21. The van der Waals surface area contributed by atoms with Crippen molar-refractivity contribution in [2.45, 2.75) is 45.7 Å². The van der Waals surface area contributed by atoms with Gasteiger partial charge >= 0.3 is 5.69 Å². The number of nitrogens with zero attached hydrogens (tertiary/aromatic N) is 4. The number of fused-ring (bicyclic) bond motifs is 1.